The number of aromatic amines is 1. The fourth-order valence-corrected chi connectivity index (χ4v) is 5.97. The molecule has 0 radical (unpaired) electrons. The lowest BCUT2D eigenvalue weighted by Crippen LogP contribution is -2.46. The smallest absolute Gasteiger partial charge is 0.307 e. The molecule has 0 saturated heterocycles. The third-order valence-electron chi connectivity index (χ3n) is 6.56. The van der Waals surface area contributed by atoms with Crippen LogP contribution in [0.25, 0.3) is 10.2 Å². The van der Waals surface area contributed by atoms with Gasteiger partial charge in [0.1, 0.15) is 10.7 Å². The number of aromatic nitrogens is 2. The summed E-state index contributed by atoms with van der Waals surface area (Å²) in [4.78, 5) is 46.7. The van der Waals surface area contributed by atoms with Gasteiger partial charge in [0.05, 0.1) is 11.8 Å². The maximum absolute atomic E-state index is 12.6. The molecule has 8 heteroatoms. The predicted molar refractivity (Wildman–Crippen MR) is 120 cm³/mol. The van der Waals surface area contributed by atoms with Gasteiger partial charge >= 0.3 is 5.97 Å². The number of ether oxygens (including phenoxy) is 1. The number of H-pyrrole nitrogens is 1. The molecule has 2 aliphatic rings. The van der Waals surface area contributed by atoms with Crippen LogP contribution in [0.15, 0.2) is 4.79 Å². The molecule has 2 heterocycles. The van der Waals surface area contributed by atoms with Crippen molar-refractivity contribution in [3.8, 4) is 0 Å². The average Bonchev–Trinajstić information content (AvgIpc) is 3.12. The second-order valence-electron chi connectivity index (χ2n) is 8.91. The minimum Gasteiger partial charge on any atom is -0.453 e. The highest BCUT2D eigenvalue weighted by atomic mass is 32.1. The predicted octanol–water partition coefficient (Wildman–Crippen LogP) is 3.42. The number of hydrogen-bond donors (Lipinski definition) is 2. The second-order valence-corrected chi connectivity index (χ2v) is 10.00. The number of carbonyl (C=O) groups is 2. The molecule has 0 bridgehead atoms. The van der Waals surface area contributed by atoms with Gasteiger partial charge in [0.15, 0.2) is 6.10 Å². The van der Waals surface area contributed by atoms with Crippen LogP contribution in [0, 0.1) is 5.92 Å². The largest absolute Gasteiger partial charge is 0.453 e. The molecule has 3 unspecified atom stereocenters. The van der Waals surface area contributed by atoms with Crippen LogP contribution in [-0.2, 0) is 33.6 Å². The molecule has 1 fully saturated rings. The van der Waals surface area contributed by atoms with Crippen molar-refractivity contribution >= 4 is 33.4 Å². The van der Waals surface area contributed by atoms with E-state index in [4.69, 9.17) is 4.74 Å². The topological polar surface area (TPSA) is 101 Å². The van der Waals surface area contributed by atoms with Gasteiger partial charge < -0.3 is 15.0 Å². The standard InChI is InChI=1S/C23H31N3O4S/c1-13-7-3-5-9-16(13)24-21(28)14(2)30-19(27)12-11-18-25-22(29)20-15-8-4-6-10-17(15)31-23(20)26-18/h13-14,16H,3-12H2,1-2H3,(H,24,28)(H,25,26,29). The van der Waals surface area contributed by atoms with E-state index >= 15 is 0 Å². The van der Waals surface area contributed by atoms with Crippen LogP contribution >= 0.6 is 11.3 Å². The van der Waals surface area contributed by atoms with Gasteiger partial charge in [0.25, 0.3) is 11.5 Å². The highest BCUT2D eigenvalue weighted by Gasteiger charge is 2.26. The summed E-state index contributed by atoms with van der Waals surface area (Å²) in [6.45, 7) is 3.75. The first-order valence-electron chi connectivity index (χ1n) is 11.5. The number of esters is 1. The number of amides is 1. The van der Waals surface area contributed by atoms with Gasteiger partial charge in [-0.05, 0) is 56.9 Å². The Kier molecular flexibility index (Phi) is 6.74. The third-order valence-corrected chi connectivity index (χ3v) is 7.74. The number of fused-ring (bicyclic) bond motifs is 3. The normalized spacial score (nSPS) is 22.0. The molecular weight excluding hydrogens is 414 g/mol. The monoisotopic (exact) mass is 445 g/mol. The molecule has 1 saturated carbocycles. The van der Waals surface area contributed by atoms with Crippen LogP contribution in [0.3, 0.4) is 0 Å². The van der Waals surface area contributed by atoms with Gasteiger partial charge in [0, 0.05) is 17.3 Å². The molecule has 1 amide bonds. The van der Waals surface area contributed by atoms with Crippen molar-refractivity contribution in [3.63, 3.8) is 0 Å². The third kappa shape index (κ3) is 5.00. The van der Waals surface area contributed by atoms with Crippen molar-refractivity contribution in [2.24, 2.45) is 5.92 Å². The van der Waals surface area contributed by atoms with Crippen LogP contribution in [-0.4, -0.2) is 34.0 Å². The Labute approximate surface area is 186 Å². The van der Waals surface area contributed by atoms with Crippen molar-refractivity contribution in [1.82, 2.24) is 15.3 Å². The van der Waals surface area contributed by atoms with Gasteiger partial charge in [-0.15, -0.1) is 11.3 Å². The van der Waals surface area contributed by atoms with E-state index in [0.717, 1.165) is 55.3 Å². The van der Waals surface area contributed by atoms with E-state index in [0.29, 0.717) is 17.1 Å². The van der Waals surface area contributed by atoms with Crippen molar-refractivity contribution in [2.45, 2.75) is 90.2 Å². The Hall–Kier alpha value is -2.22. The number of carbonyl (C=O) groups excluding carboxylic acids is 2. The van der Waals surface area contributed by atoms with Crippen molar-refractivity contribution in [2.75, 3.05) is 0 Å². The van der Waals surface area contributed by atoms with E-state index < -0.39 is 12.1 Å². The van der Waals surface area contributed by atoms with Crippen LogP contribution in [0.2, 0.25) is 0 Å². The first-order valence-corrected chi connectivity index (χ1v) is 12.3. The molecule has 0 spiro atoms. The second kappa shape index (κ2) is 9.51. The van der Waals surface area contributed by atoms with Gasteiger partial charge in [0.2, 0.25) is 0 Å². The summed E-state index contributed by atoms with van der Waals surface area (Å²) in [5.74, 6) is 0.222. The minimum atomic E-state index is -0.833. The van der Waals surface area contributed by atoms with Gasteiger partial charge in [-0.1, -0.05) is 19.8 Å². The Morgan fingerprint density at radius 1 is 1.23 bits per heavy atom. The lowest BCUT2D eigenvalue weighted by molar-refractivity contribution is -0.155. The zero-order valence-electron chi connectivity index (χ0n) is 18.3. The number of thiophene rings is 1. The molecule has 168 valence electrons. The summed E-state index contributed by atoms with van der Waals surface area (Å²) in [7, 11) is 0. The number of nitrogens with zero attached hydrogens (tertiary/aromatic N) is 1. The Morgan fingerprint density at radius 2 is 2.00 bits per heavy atom. The van der Waals surface area contributed by atoms with E-state index in [-0.39, 0.29) is 30.3 Å². The Bertz CT molecular complexity index is 1030. The quantitative estimate of drug-likeness (QED) is 0.664. The van der Waals surface area contributed by atoms with E-state index in [1.807, 2.05) is 0 Å². The van der Waals surface area contributed by atoms with Crippen molar-refractivity contribution in [3.05, 3.63) is 26.6 Å². The molecule has 7 nitrogen and oxygen atoms in total. The lowest BCUT2D eigenvalue weighted by atomic mass is 9.86. The molecule has 2 N–H and O–H groups in total. The van der Waals surface area contributed by atoms with E-state index in [1.165, 1.54) is 11.3 Å². The van der Waals surface area contributed by atoms with E-state index in [9.17, 15) is 14.4 Å². The van der Waals surface area contributed by atoms with Crippen LogP contribution in [0.4, 0.5) is 0 Å². The number of hydrogen-bond acceptors (Lipinski definition) is 6. The molecule has 4 rings (SSSR count). The van der Waals surface area contributed by atoms with Crippen molar-refractivity contribution < 1.29 is 14.3 Å². The molecular formula is C23H31N3O4S. The van der Waals surface area contributed by atoms with Crippen LogP contribution in [0.5, 0.6) is 0 Å². The molecule has 2 aromatic rings. The summed E-state index contributed by atoms with van der Waals surface area (Å²) in [6.07, 6.45) is 8.13. The molecule has 31 heavy (non-hydrogen) atoms. The number of rotatable bonds is 6. The highest BCUT2D eigenvalue weighted by Crippen LogP contribution is 2.33. The maximum atomic E-state index is 12.6. The molecule has 3 atom stereocenters. The SMILES string of the molecule is CC(OC(=O)CCc1nc2sc3c(c2c(=O)[nH]1)CCCC3)C(=O)NC1CCCCC1C. The lowest BCUT2D eigenvalue weighted by Gasteiger charge is -2.30. The van der Waals surface area contributed by atoms with E-state index in [2.05, 4.69) is 22.2 Å². The molecule has 0 aliphatic heterocycles. The highest BCUT2D eigenvalue weighted by molar-refractivity contribution is 7.18. The fraction of sp³-hybridized carbons (Fsp3) is 0.652. The Balaban J connectivity index is 1.32. The molecule has 0 aromatic carbocycles. The fourth-order valence-electron chi connectivity index (χ4n) is 4.69. The van der Waals surface area contributed by atoms with E-state index in [1.54, 1.807) is 18.3 Å². The van der Waals surface area contributed by atoms with Crippen LogP contribution in [0.1, 0.15) is 75.1 Å². The first kappa shape index (κ1) is 22.0. The van der Waals surface area contributed by atoms with Gasteiger partial charge in [-0.25, -0.2) is 4.98 Å². The summed E-state index contributed by atoms with van der Waals surface area (Å²) in [6, 6.07) is 0.153. The van der Waals surface area contributed by atoms with Crippen molar-refractivity contribution in [1.29, 1.82) is 0 Å². The summed E-state index contributed by atoms with van der Waals surface area (Å²) >= 11 is 1.59. The summed E-state index contributed by atoms with van der Waals surface area (Å²) in [5.41, 5.74) is 1.03. The summed E-state index contributed by atoms with van der Waals surface area (Å²) in [5, 5.41) is 3.74. The first-order chi connectivity index (χ1) is 14.9. The molecule has 2 aromatic heterocycles. The average molecular weight is 446 g/mol. The summed E-state index contributed by atoms with van der Waals surface area (Å²) < 4.78 is 5.33. The maximum Gasteiger partial charge on any atom is 0.307 e. The van der Waals surface area contributed by atoms with Gasteiger partial charge in [-0.2, -0.15) is 0 Å². The van der Waals surface area contributed by atoms with Gasteiger partial charge in [-0.3, -0.25) is 14.4 Å². The number of nitrogens with one attached hydrogen (secondary N) is 2. The number of aryl methyl sites for hydroxylation is 3. The Morgan fingerprint density at radius 3 is 2.81 bits per heavy atom. The zero-order valence-corrected chi connectivity index (χ0v) is 19.1. The molecule has 2 aliphatic carbocycles. The zero-order chi connectivity index (χ0) is 22.0. The van der Waals surface area contributed by atoms with Crippen LogP contribution < -0.4 is 10.9 Å². The minimum absolute atomic E-state index is 0.0665.